The van der Waals surface area contributed by atoms with E-state index in [2.05, 4.69) is 5.48 Å². The fraction of sp³-hybridized carbons (Fsp3) is 0.933. The van der Waals surface area contributed by atoms with Crippen LogP contribution in [-0.2, 0) is 23.8 Å². The van der Waals surface area contributed by atoms with Crippen molar-refractivity contribution in [3.8, 4) is 0 Å². The zero-order valence-electron chi connectivity index (χ0n) is 14.0. The summed E-state index contributed by atoms with van der Waals surface area (Å²) in [6.07, 6.45) is 4.21. The van der Waals surface area contributed by atoms with Crippen molar-refractivity contribution >= 4 is 6.41 Å². The number of hydrogen-bond donors (Lipinski definition) is 2. The minimum Gasteiger partial charge on any atom is -0.379 e. The number of rotatable bonds is 17. The molecule has 0 heterocycles. The largest absolute Gasteiger partial charge is 0.379 e. The van der Waals surface area contributed by atoms with Crippen molar-refractivity contribution in [2.45, 2.75) is 45.1 Å². The third-order valence-corrected chi connectivity index (χ3v) is 2.94. The van der Waals surface area contributed by atoms with E-state index in [-0.39, 0.29) is 5.60 Å². The van der Waals surface area contributed by atoms with Gasteiger partial charge >= 0.3 is 0 Å². The van der Waals surface area contributed by atoms with Gasteiger partial charge in [0.2, 0.25) is 6.41 Å². The van der Waals surface area contributed by atoms with E-state index in [4.69, 9.17) is 24.8 Å². The summed E-state index contributed by atoms with van der Waals surface area (Å²) < 4.78 is 16.2. The smallest absolute Gasteiger partial charge is 0.230 e. The molecule has 22 heavy (non-hydrogen) atoms. The first-order chi connectivity index (χ1) is 10.6. The van der Waals surface area contributed by atoms with Crippen LogP contribution in [0.2, 0.25) is 0 Å². The second kappa shape index (κ2) is 15.2. The highest BCUT2D eigenvalue weighted by Gasteiger charge is 2.18. The maximum Gasteiger partial charge on any atom is 0.230 e. The van der Waals surface area contributed by atoms with Gasteiger partial charge in [-0.2, -0.15) is 0 Å². The van der Waals surface area contributed by atoms with Gasteiger partial charge in [-0.1, -0.05) is 0 Å². The monoisotopic (exact) mass is 320 g/mol. The van der Waals surface area contributed by atoms with Gasteiger partial charge in [-0.15, -0.1) is 0 Å². The van der Waals surface area contributed by atoms with Crippen molar-refractivity contribution in [2.75, 3.05) is 46.2 Å². The summed E-state index contributed by atoms with van der Waals surface area (Å²) in [5, 5.41) is 0. The molecule has 0 unspecified atom stereocenters. The van der Waals surface area contributed by atoms with E-state index in [0.717, 1.165) is 25.7 Å². The Kier molecular flexibility index (Phi) is 14.7. The molecule has 0 bridgehead atoms. The maximum absolute atomic E-state index is 10.2. The fourth-order valence-corrected chi connectivity index (χ4v) is 1.72. The van der Waals surface area contributed by atoms with Crippen molar-refractivity contribution in [1.29, 1.82) is 0 Å². The third-order valence-electron chi connectivity index (χ3n) is 2.94. The van der Waals surface area contributed by atoms with Crippen LogP contribution in [0.25, 0.3) is 0 Å². The molecule has 0 atom stereocenters. The third kappa shape index (κ3) is 15.7. The van der Waals surface area contributed by atoms with Crippen LogP contribution in [0.15, 0.2) is 0 Å². The summed E-state index contributed by atoms with van der Waals surface area (Å²) in [6.45, 7) is 8.29. The van der Waals surface area contributed by atoms with Gasteiger partial charge in [-0.25, -0.2) is 5.48 Å². The molecule has 7 nitrogen and oxygen atoms in total. The number of nitrogens with two attached hydrogens (primary N) is 1. The standard InChI is InChI=1S/C15H32N2O5/c1-15(2,22-17-14-18)6-3-4-8-19-10-12-21-13-11-20-9-5-7-16/h14H,3-13,16H2,1-2H3,(H,17,18). The molecule has 0 aromatic rings. The van der Waals surface area contributed by atoms with Gasteiger partial charge in [-0.3, -0.25) is 9.63 Å². The van der Waals surface area contributed by atoms with Gasteiger partial charge in [0, 0.05) is 13.2 Å². The number of amides is 1. The Morgan fingerprint density at radius 1 is 0.909 bits per heavy atom. The van der Waals surface area contributed by atoms with E-state index in [1.807, 2.05) is 13.8 Å². The van der Waals surface area contributed by atoms with Crippen LogP contribution in [0.1, 0.15) is 39.5 Å². The molecule has 0 aromatic heterocycles. The number of nitrogens with one attached hydrogen (secondary N) is 1. The number of ether oxygens (including phenoxy) is 3. The lowest BCUT2D eigenvalue weighted by molar-refractivity contribution is -0.136. The Hall–Kier alpha value is -0.730. The summed E-state index contributed by atoms with van der Waals surface area (Å²) in [4.78, 5) is 15.3. The van der Waals surface area contributed by atoms with Crippen molar-refractivity contribution in [3.63, 3.8) is 0 Å². The predicted molar refractivity (Wildman–Crippen MR) is 84.3 cm³/mol. The van der Waals surface area contributed by atoms with E-state index < -0.39 is 0 Å². The van der Waals surface area contributed by atoms with Gasteiger partial charge in [-0.05, 0) is 46.1 Å². The Balaban J connectivity index is 3.18. The van der Waals surface area contributed by atoms with Crippen molar-refractivity contribution in [2.24, 2.45) is 5.73 Å². The van der Waals surface area contributed by atoms with Crippen LogP contribution in [-0.4, -0.2) is 58.2 Å². The topological polar surface area (TPSA) is 92.0 Å². The first-order valence-corrected chi connectivity index (χ1v) is 7.93. The number of hydroxylamine groups is 1. The molecule has 3 N–H and O–H groups in total. The molecule has 0 spiro atoms. The minimum absolute atomic E-state index is 0.353. The average molecular weight is 320 g/mol. The first kappa shape index (κ1) is 21.3. The van der Waals surface area contributed by atoms with Crippen LogP contribution in [0.3, 0.4) is 0 Å². The van der Waals surface area contributed by atoms with Crippen molar-refractivity contribution in [1.82, 2.24) is 5.48 Å². The maximum atomic E-state index is 10.2. The summed E-state index contributed by atoms with van der Waals surface area (Å²) in [7, 11) is 0. The Labute approximate surface area is 133 Å². The molecule has 0 saturated heterocycles. The van der Waals surface area contributed by atoms with E-state index in [9.17, 15) is 4.79 Å². The lowest BCUT2D eigenvalue weighted by Gasteiger charge is -2.23. The predicted octanol–water partition coefficient (Wildman–Crippen LogP) is 1.01. The van der Waals surface area contributed by atoms with Crippen LogP contribution in [0.4, 0.5) is 0 Å². The van der Waals surface area contributed by atoms with Gasteiger partial charge in [0.15, 0.2) is 0 Å². The van der Waals surface area contributed by atoms with Crippen molar-refractivity contribution in [3.05, 3.63) is 0 Å². The molecule has 1 amide bonds. The molecule has 0 aliphatic rings. The molecule has 0 fully saturated rings. The summed E-state index contributed by atoms with van der Waals surface area (Å²) in [5.74, 6) is 0. The quantitative estimate of drug-likeness (QED) is 0.236. The van der Waals surface area contributed by atoms with Gasteiger partial charge < -0.3 is 19.9 Å². The van der Waals surface area contributed by atoms with Gasteiger partial charge in [0.05, 0.1) is 32.0 Å². The normalized spacial score (nSPS) is 11.6. The lowest BCUT2D eigenvalue weighted by atomic mass is 10.0. The zero-order chi connectivity index (χ0) is 16.5. The summed E-state index contributed by atoms with van der Waals surface area (Å²) in [5.41, 5.74) is 7.24. The van der Waals surface area contributed by atoms with E-state index in [1.54, 1.807) is 0 Å². The highest BCUT2D eigenvalue weighted by atomic mass is 16.7. The molecule has 0 rings (SSSR count). The van der Waals surface area contributed by atoms with Crippen molar-refractivity contribution < 1.29 is 23.8 Å². The zero-order valence-corrected chi connectivity index (χ0v) is 14.0. The number of unbranched alkanes of at least 4 members (excludes halogenated alkanes) is 1. The Bertz CT molecular complexity index is 252. The SMILES string of the molecule is CC(C)(CCCCOCCOCCOCCCN)ONC=O. The second-order valence-electron chi connectivity index (χ2n) is 5.53. The van der Waals surface area contributed by atoms with Gasteiger partial charge in [0.25, 0.3) is 0 Å². The number of hydrogen-bond acceptors (Lipinski definition) is 6. The molecule has 0 aromatic carbocycles. The fourth-order valence-electron chi connectivity index (χ4n) is 1.72. The van der Waals surface area contributed by atoms with E-state index >= 15 is 0 Å². The molecule has 132 valence electrons. The summed E-state index contributed by atoms with van der Waals surface area (Å²) >= 11 is 0. The lowest BCUT2D eigenvalue weighted by Crippen LogP contribution is -2.31. The highest BCUT2D eigenvalue weighted by Crippen LogP contribution is 2.16. The molecule has 0 aliphatic heterocycles. The Morgan fingerprint density at radius 3 is 2.00 bits per heavy atom. The minimum atomic E-state index is -0.353. The second-order valence-corrected chi connectivity index (χ2v) is 5.53. The Morgan fingerprint density at radius 2 is 1.45 bits per heavy atom. The van der Waals surface area contributed by atoms with E-state index in [1.165, 1.54) is 0 Å². The van der Waals surface area contributed by atoms with E-state index in [0.29, 0.717) is 52.6 Å². The highest BCUT2D eigenvalue weighted by molar-refractivity contribution is 5.43. The molecule has 0 radical (unpaired) electrons. The molecule has 7 heteroatoms. The van der Waals surface area contributed by atoms with Crippen LogP contribution in [0, 0.1) is 0 Å². The average Bonchev–Trinajstić information content (AvgIpc) is 2.50. The molecule has 0 aliphatic carbocycles. The first-order valence-electron chi connectivity index (χ1n) is 7.93. The number of carbonyl (C=O) groups is 1. The van der Waals surface area contributed by atoms with Crippen LogP contribution < -0.4 is 11.2 Å². The van der Waals surface area contributed by atoms with Gasteiger partial charge in [0.1, 0.15) is 0 Å². The molecule has 0 saturated carbocycles. The van der Waals surface area contributed by atoms with Crippen LogP contribution in [0.5, 0.6) is 0 Å². The summed E-state index contributed by atoms with van der Waals surface area (Å²) in [6, 6.07) is 0. The molecular weight excluding hydrogens is 288 g/mol. The molecular formula is C15H32N2O5. The van der Waals surface area contributed by atoms with Crippen LogP contribution >= 0.6 is 0 Å². The number of carbonyl (C=O) groups excluding carboxylic acids is 1.